The zero-order chi connectivity index (χ0) is 14.0. The first-order chi connectivity index (χ1) is 8.91. The molecule has 1 aliphatic heterocycles. The van der Waals surface area contributed by atoms with Crippen LogP contribution in [0.1, 0.15) is 26.2 Å². The van der Waals surface area contributed by atoms with Crippen LogP contribution in [0.2, 0.25) is 5.02 Å². The highest BCUT2D eigenvalue weighted by atomic mass is 35.5. The average molecular weight is 304 g/mol. The van der Waals surface area contributed by atoms with E-state index in [2.05, 4.69) is 11.9 Å². The number of pyridine rings is 1. The maximum atomic E-state index is 12.6. The van der Waals surface area contributed by atoms with Crippen LogP contribution < -0.4 is 5.73 Å². The molecule has 1 unspecified atom stereocenters. The molecule has 0 bridgehead atoms. The van der Waals surface area contributed by atoms with Gasteiger partial charge in [-0.05, 0) is 24.8 Å². The van der Waals surface area contributed by atoms with Crippen molar-refractivity contribution in [3.05, 3.63) is 17.3 Å². The molecular weight excluding hydrogens is 286 g/mol. The summed E-state index contributed by atoms with van der Waals surface area (Å²) < 4.78 is 26.7. The summed E-state index contributed by atoms with van der Waals surface area (Å²) in [7, 11) is -3.61. The molecule has 0 spiro atoms. The van der Waals surface area contributed by atoms with Crippen molar-refractivity contribution in [1.29, 1.82) is 0 Å². The van der Waals surface area contributed by atoms with Crippen molar-refractivity contribution in [1.82, 2.24) is 9.29 Å². The summed E-state index contributed by atoms with van der Waals surface area (Å²) in [4.78, 5) is 3.83. The van der Waals surface area contributed by atoms with E-state index in [0.717, 1.165) is 19.3 Å². The molecule has 106 valence electrons. The molecule has 1 aliphatic rings. The molecule has 0 aromatic carbocycles. The molecular formula is C12H18ClN3O2S. The smallest absolute Gasteiger partial charge is 0.246 e. The van der Waals surface area contributed by atoms with E-state index in [4.69, 9.17) is 17.3 Å². The molecule has 19 heavy (non-hydrogen) atoms. The predicted molar refractivity (Wildman–Crippen MR) is 75.4 cm³/mol. The van der Waals surface area contributed by atoms with Gasteiger partial charge >= 0.3 is 0 Å². The van der Waals surface area contributed by atoms with Gasteiger partial charge in [-0.15, -0.1) is 0 Å². The number of sulfonamides is 1. The maximum absolute atomic E-state index is 12.6. The van der Waals surface area contributed by atoms with Crippen molar-refractivity contribution in [3.63, 3.8) is 0 Å². The van der Waals surface area contributed by atoms with E-state index >= 15 is 0 Å². The number of aromatic nitrogens is 1. The van der Waals surface area contributed by atoms with Gasteiger partial charge in [0.25, 0.3) is 0 Å². The van der Waals surface area contributed by atoms with Crippen molar-refractivity contribution >= 4 is 27.4 Å². The predicted octanol–water partition coefficient (Wildman–Crippen LogP) is 2.13. The molecule has 1 aromatic heterocycles. The third-order valence-corrected chi connectivity index (χ3v) is 5.44. The number of nitrogens with two attached hydrogens (primary N) is 1. The van der Waals surface area contributed by atoms with Gasteiger partial charge in [-0.25, -0.2) is 13.4 Å². The van der Waals surface area contributed by atoms with Crippen LogP contribution in [0.4, 0.5) is 5.82 Å². The molecule has 0 amide bonds. The van der Waals surface area contributed by atoms with Crippen LogP contribution >= 0.6 is 11.6 Å². The van der Waals surface area contributed by atoms with Crippen molar-refractivity contribution in [3.8, 4) is 0 Å². The minimum absolute atomic E-state index is 0.00120. The maximum Gasteiger partial charge on any atom is 0.246 e. The van der Waals surface area contributed by atoms with Gasteiger partial charge in [-0.1, -0.05) is 24.9 Å². The summed E-state index contributed by atoms with van der Waals surface area (Å²) >= 11 is 5.82. The van der Waals surface area contributed by atoms with E-state index in [-0.39, 0.29) is 15.7 Å². The standard InChI is InChI=1S/C12H18ClN3O2S/c1-9-4-2-3-5-16(8-9)19(17,18)11-6-10(13)7-15-12(11)14/h6-7,9H,2-5,8H2,1H3,(H2,14,15). The molecule has 0 radical (unpaired) electrons. The molecule has 5 nitrogen and oxygen atoms in total. The molecule has 1 fully saturated rings. The zero-order valence-electron chi connectivity index (χ0n) is 10.8. The molecule has 1 saturated heterocycles. The van der Waals surface area contributed by atoms with E-state index < -0.39 is 10.0 Å². The van der Waals surface area contributed by atoms with Gasteiger partial charge in [0.1, 0.15) is 10.7 Å². The second-order valence-corrected chi connectivity index (χ2v) is 7.34. The van der Waals surface area contributed by atoms with Gasteiger partial charge in [0.15, 0.2) is 0 Å². The molecule has 7 heteroatoms. The van der Waals surface area contributed by atoms with E-state index in [0.29, 0.717) is 19.0 Å². The SMILES string of the molecule is CC1CCCCN(S(=O)(=O)c2cc(Cl)cnc2N)C1. The molecule has 2 rings (SSSR count). The van der Waals surface area contributed by atoms with Crippen LogP contribution in [0.3, 0.4) is 0 Å². The third-order valence-electron chi connectivity index (χ3n) is 3.34. The Hall–Kier alpha value is -0.850. The largest absolute Gasteiger partial charge is 0.383 e. The van der Waals surface area contributed by atoms with Gasteiger partial charge in [0, 0.05) is 19.3 Å². The Morgan fingerprint density at radius 1 is 1.47 bits per heavy atom. The highest BCUT2D eigenvalue weighted by molar-refractivity contribution is 7.89. The lowest BCUT2D eigenvalue weighted by molar-refractivity contribution is 0.380. The third kappa shape index (κ3) is 3.19. The number of nitrogen functional groups attached to an aromatic ring is 1. The highest BCUT2D eigenvalue weighted by Gasteiger charge is 2.29. The molecule has 2 N–H and O–H groups in total. The number of nitrogens with zero attached hydrogens (tertiary/aromatic N) is 2. The first-order valence-corrected chi connectivity index (χ1v) is 8.14. The number of hydrogen-bond donors (Lipinski definition) is 1. The second-order valence-electron chi connectivity index (χ2n) is 5.00. The summed E-state index contributed by atoms with van der Waals surface area (Å²) in [5.74, 6) is 0.354. The minimum atomic E-state index is -3.61. The summed E-state index contributed by atoms with van der Waals surface area (Å²) in [5.41, 5.74) is 5.68. The normalized spacial score (nSPS) is 22.1. The number of halogens is 1. The van der Waals surface area contributed by atoms with E-state index in [1.807, 2.05) is 0 Å². The van der Waals surface area contributed by atoms with Gasteiger partial charge in [-0.3, -0.25) is 0 Å². The summed E-state index contributed by atoms with van der Waals surface area (Å²) in [5, 5.41) is 0.274. The van der Waals surface area contributed by atoms with Crippen LogP contribution in [0, 0.1) is 5.92 Å². The quantitative estimate of drug-likeness (QED) is 0.908. The van der Waals surface area contributed by atoms with Crippen molar-refractivity contribution in [2.75, 3.05) is 18.8 Å². The van der Waals surface area contributed by atoms with E-state index in [1.165, 1.54) is 16.6 Å². The fraction of sp³-hybridized carbons (Fsp3) is 0.583. The van der Waals surface area contributed by atoms with Gasteiger partial charge < -0.3 is 5.73 Å². The summed E-state index contributed by atoms with van der Waals surface area (Å²) in [6, 6.07) is 1.37. The lowest BCUT2D eigenvalue weighted by Gasteiger charge is -2.22. The lowest BCUT2D eigenvalue weighted by atomic mass is 10.1. The Bertz CT molecular complexity index is 562. The highest BCUT2D eigenvalue weighted by Crippen LogP contribution is 2.27. The fourth-order valence-corrected chi connectivity index (χ4v) is 4.22. The molecule has 0 aliphatic carbocycles. The van der Waals surface area contributed by atoms with Crippen LogP contribution in [-0.2, 0) is 10.0 Å². The van der Waals surface area contributed by atoms with Crippen molar-refractivity contribution in [2.45, 2.75) is 31.1 Å². The Kier molecular flexibility index (Phi) is 4.32. The van der Waals surface area contributed by atoms with Gasteiger partial charge in [-0.2, -0.15) is 4.31 Å². The number of anilines is 1. The molecule has 1 aromatic rings. The first-order valence-electron chi connectivity index (χ1n) is 6.32. The molecule has 0 saturated carbocycles. The number of rotatable bonds is 2. The molecule has 1 atom stereocenters. The van der Waals surface area contributed by atoms with Crippen molar-refractivity contribution < 1.29 is 8.42 Å². The average Bonchev–Trinajstić information content (AvgIpc) is 2.57. The van der Waals surface area contributed by atoms with Crippen molar-refractivity contribution in [2.24, 2.45) is 5.92 Å². The summed E-state index contributed by atoms with van der Waals surface area (Å²) in [6.45, 7) is 3.11. The Labute approximate surface area is 118 Å². The number of hydrogen-bond acceptors (Lipinski definition) is 4. The Balaban J connectivity index is 2.38. The summed E-state index contributed by atoms with van der Waals surface area (Å²) in [6.07, 6.45) is 4.32. The lowest BCUT2D eigenvalue weighted by Crippen LogP contribution is -2.34. The Morgan fingerprint density at radius 2 is 2.21 bits per heavy atom. The monoisotopic (exact) mass is 303 g/mol. The Morgan fingerprint density at radius 3 is 2.95 bits per heavy atom. The minimum Gasteiger partial charge on any atom is -0.383 e. The van der Waals surface area contributed by atoms with Crippen LogP contribution in [0.15, 0.2) is 17.2 Å². The van der Waals surface area contributed by atoms with E-state index in [1.54, 1.807) is 0 Å². The topological polar surface area (TPSA) is 76.3 Å². The van der Waals surface area contributed by atoms with E-state index in [9.17, 15) is 8.42 Å². The zero-order valence-corrected chi connectivity index (χ0v) is 12.4. The van der Waals surface area contributed by atoms with Gasteiger partial charge in [0.05, 0.1) is 5.02 Å². The fourth-order valence-electron chi connectivity index (χ4n) is 2.31. The first kappa shape index (κ1) is 14.6. The van der Waals surface area contributed by atoms with Crippen LogP contribution in [0.5, 0.6) is 0 Å². The van der Waals surface area contributed by atoms with Gasteiger partial charge in [0.2, 0.25) is 10.0 Å². The van der Waals surface area contributed by atoms with Crippen LogP contribution in [-0.4, -0.2) is 30.8 Å². The van der Waals surface area contributed by atoms with Crippen LogP contribution in [0.25, 0.3) is 0 Å². The second kappa shape index (κ2) is 5.64. The molecule has 2 heterocycles.